The molecule has 0 saturated heterocycles. The van der Waals surface area contributed by atoms with E-state index in [0.29, 0.717) is 27.0 Å². The number of aromatic amines is 1. The second kappa shape index (κ2) is 6.49. The predicted octanol–water partition coefficient (Wildman–Crippen LogP) is 2.94. The molecule has 9 heteroatoms. The Balaban J connectivity index is 2.20. The molecular formula is C14H10Cl2N4O3. The van der Waals surface area contributed by atoms with Crippen LogP contribution in [0, 0.1) is 0 Å². The zero-order chi connectivity index (χ0) is 16.4. The monoisotopic (exact) mass is 352 g/mol. The summed E-state index contributed by atoms with van der Waals surface area (Å²) in [5, 5.41) is 4.51. The van der Waals surface area contributed by atoms with Crippen molar-refractivity contribution in [3.63, 3.8) is 0 Å². The number of rotatable bonds is 4. The van der Waals surface area contributed by atoms with E-state index in [1.807, 2.05) is 0 Å². The molecule has 0 fully saturated rings. The maximum atomic E-state index is 11.2. The molecule has 0 aliphatic heterocycles. The first-order chi connectivity index (χ1) is 11.1. The van der Waals surface area contributed by atoms with Crippen LogP contribution in [-0.2, 0) is 11.3 Å². The van der Waals surface area contributed by atoms with E-state index < -0.39 is 5.76 Å². The Kier molecular flexibility index (Phi) is 4.42. The second-order valence-corrected chi connectivity index (χ2v) is 5.37. The van der Waals surface area contributed by atoms with Gasteiger partial charge in [0, 0.05) is 18.2 Å². The lowest BCUT2D eigenvalue weighted by atomic mass is 10.0. The van der Waals surface area contributed by atoms with Crippen molar-refractivity contribution < 1.29 is 9.26 Å². The molecule has 0 bridgehead atoms. The van der Waals surface area contributed by atoms with E-state index in [1.165, 1.54) is 6.33 Å². The highest BCUT2D eigenvalue weighted by molar-refractivity contribution is 6.42. The summed E-state index contributed by atoms with van der Waals surface area (Å²) < 4.78 is 9.76. The minimum absolute atomic E-state index is 0.200. The van der Waals surface area contributed by atoms with Crippen LogP contribution in [0.3, 0.4) is 0 Å². The fourth-order valence-electron chi connectivity index (χ4n) is 2.12. The number of methoxy groups -OCH3 is 1. The zero-order valence-corrected chi connectivity index (χ0v) is 13.4. The average Bonchev–Trinajstić information content (AvgIpc) is 2.97. The van der Waals surface area contributed by atoms with E-state index in [0.717, 1.165) is 5.56 Å². The quantitative estimate of drug-likeness (QED) is 0.775. The number of nitrogens with one attached hydrogen (secondary N) is 1. The van der Waals surface area contributed by atoms with Gasteiger partial charge in [0.15, 0.2) is 0 Å². The van der Waals surface area contributed by atoms with E-state index in [1.54, 1.807) is 25.3 Å². The molecule has 3 rings (SSSR count). The second-order valence-electron chi connectivity index (χ2n) is 4.55. The van der Waals surface area contributed by atoms with Crippen LogP contribution in [0.2, 0.25) is 10.0 Å². The van der Waals surface area contributed by atoms with Crippen molar-refractivity contribution in [1.29, 1.82) is 0 Å². The summed E-state index contributed by atoms with van der Waals surface area (Å²) in [6.07, 6.45) is 1.36. The molecule has 3 aromatic rings. The van der Waals surface area contributed by atoms with Gasteiger partial charge in [0.25, 0.3) is 0 Å². The fraction of sp³-hybridized carbons (Fsp3) is 0.143. The number of aromatic nitrogens is 4. The molecule has 7 nitrogen and oxygen atoms in total. The van der Waals surface area contributed by atoms with Gasteiger partial charge in [-0.2, -0.15) is 0 Å². The first kappa shape index (κ1) is 15.7. The molecule has 2 heterocycles. The van der Waals surface area contributed by atoms with Crippen LogP contribution in [0.4, 0.5) is 0 Å². The summed E-state index contributed by atoms with van der Waals surface area (Å²) in [6, 6.07) is 5.15. The molecule has 1 N–H and O–H groups in total. The van der Waals surface area contributed by atoms with Crippen molar-refractivity contribution in [2.45, 2.75) is 6.61 Å². The van der Waals surface area contributed by atoms with E-state index in [-0.39, 0.29) is 12.4 Å². The van der Waals surface area contributed by atoms with Gasteiger partial charge in [-0.1, -0.05) is 34.4 Å². The Bertz CT molecular complexity index is 907. The van der Waals surface area contributed by atoms with Gasteiger partial charge in [-0.15, -0.1) is 0 Å². The van der Waals surface area contributed by atoms with Crippen molar-refractivity contribution in [2.24, 2.45) is 0 Å². The third kappa shape index (κ3) is 3.12. The largest absolute Gasteiger partial charge is 0.439 e. The number of H-pyrrole nitrogens is 1. The molecule has 0 unspecified atom stereocenters. The van der Waals surface area contributed by atoms with Crippen LogP contribution in [0.5, 0.6) is 0 Å². The van der Waals surface area contributed by atoms with Crippen molar-refractivity contribution in [2.75, 3.05) is 7.11 Å². The maximum absolute atomic E-state index is 11.2. The number of hydrogen-bond donors (Lipinski definition) is 1. The summed E-state index contributed by atoms with van der Waals surface area (Å²) >= 11 is 12.0. The first-order valence-electron chi connectivity index (χ1n) is 6.44. The third-order valence-electron chi connectivity index (χ3n) is 3.09. The van der Waals surface area contributed by atoms with E-state index in [2.05, 4.69) is 24.6 Å². The van der Waals surface area contributed by atoms with Crippen LogP contribution in [-0.4, -0.2) is 27.2 Å². The molecule has 118 valence electrons. The summed E-state index contributed by atoms with van der Waals surface area (Å²) in [5.74, 6) is -0.469. The molecule has 0 radical (unpaired) electrons. The van der Waals surface area contributed by atoms with Gasteiger partial charge in [0.1, 0.15) is 12.0 Å². The Morgan fingerprint density at radius 1 is 1.22 bits per heavy atom. The molecule has 0 aliphatic rings. The van der Waals surface area contributed by atoms with Gasteiger partial charge in [-0.3, -0.25) is 9.51 Å². The lowest BCUT2D eigenvalue weighted by Gasteiger charge is -2.11. The molecule has 0 aliphatic carbocycles. The molecule has 0 amide bonds. The normalized spacial score (nSPS) is 10.9. The highest BCUT2D eigenvalue weighted by Crippen LogP contribution is 2.32. The average molecular weight is 353 g/mol. The van der Waals surface area contributed by atoms with Gasteiger partial charge < -0.3 is 4.74 Å². The van der Waals surface area contributed by atoms with Crippen LogP contribution >= 0.6 is 23.2 Å². The molecule has 0 spiro atoms. The van der Waals surface area contributed by atoms with Crippen LogP contribution < -0.4 is 5.76 Å². The smallest absolute Gasteiger partial charge is 0.380 e. The number of benzene rings is 1. The number of nitrogens with zero attached hydrogens (tertiary/aromatic N) is 3. The van der Waals surface area contributed by atoms with Gasteiger partial charge in [-0.25, -0.2) is 14.8 Å². The van der Waals surface area contributed by atoms with Crippen molar-refractivity contribution in [3.05, 3.63) is 50.7 Å². The topological polar surface area (TPSA) is 93.9 Å². The predicted molar refractivity (Wildman–Crippen MR) is 84.3 cm³/mol. The van der Waals surface area contributed by atoms with Crippen LogP contribution in [0.15, 0.2) is 33.8 Å². The lowest BCUT2D eigenvalue weighted by molar-refractivity contribution is 0.185. The Labute approximate surface area is 140 Å². The highest BCUT2D eigenvalue weighted by atomic mass is 35.5. The number of ether oxygens (including phenoxy) is 1. The number of halogens is 2. The molecule has 0 atom stereocenters. The van der Waals surface area contributed by atoms with E-state index >= 15 is 0 Å². The lowest BCUT2D eigenvalue weighted by Crippen LogP contribution is -2.03. The molecule has 0 saturated carbocycles. The van der Waals surface area contributed by atoms with E-state index in [4.69, 9.17) is 27.9 Å². The summed E-state index contributed by atoms with van der Waals surface area (Å²) in [5.41, 5.74) is 2.38. The van der Waals surface area contributed by atoms with Gasteiger partial charge in [-0.05, 0) is 12.1 Å². The van der Waals surface area contributed by atoms with Gasteiger partial charge in [0.05, 0.1) is 22.3 Å². The Morgan fingerprint density at radius 2 is 2.00 bits per heavy atom. The Morgan fingerprint density at radius 3 is 2.65 bits per heavy atom. The molecule has 1 aromatic carbocycles. The fourth-order valence-corrected chi connectivity index (χ4v) is 2.42. The number of hydrogen-bond acceptors (Lipinski definition) is 6. The highest BCUT2D eigenvalue weighted by Gasteiger charge is 2.18. The summed E-state index contributed by atoms with van der Waals surface area (Å²) in [7, 11) is 1.54. The first-order valence-corrected chi connectivity index (χ1v) is 7.20. The minimum Gasteiger partial charge on any atom is -0.380 e. The molecule has 23 heavy (non-hydrogen) atoms. The third-order valence-corrected chi connectivity index (χ3v) is 3.83. The summed E-state index contributed by atoms with van der Waals surface area (Å²) in [6.45, 7) is 0.209. The standard InChI is InChI=1S/C14H10Cl2N4O3/c1-22-5-8-11(7-2-3-9(15)10(16)4-7)17-6-18-12(8)13-19-14(21)23-20-13/h2-4,6H,5H2,1H3,(H,19,20,21). The minimum atomic E-state index is -0.668. The maximum Gasteiger partial charge on any atom is 0.439 e. The van der Waals surface area contributed by atoms with Gasteiger partial charge >= 0.3 is 5.76 Å². The van der Waals surface area contributed by atoms with Crippen molar-refractivity contribution in [1.82, 2.24) is 20.1 Å². The van der Waals surface area contributed by atoms with Crippen LogP contribution in [0.1, 0.15) is 5.56 Å². The molecular weight excluding hydrogens is 343 g/mol. The van der Waals surface area contributed by atoms with Gasteiger partial charge in [0.2, 0.25) is 5.82 Å². The Hall–Kier alpha value is -2.22. The van der Waals surface area contributed by atoms with E-state index in [9.17, 15) is 4.79 Å². The van der Waals surface area contributed by atoms with Crippen molar-refractivity contribution in [3.8, 4) is 22.8 Å². The molecule has 2 aromatic heterocycles. The van der Waals surface area contributed by atoms with Crippen molar-refractivity contribution >= 4 is 23.2 Å². The van der Waals surface area contributed by atoms with Crippen LogP contribution in [0.25, 0.3) is 22.8 Å². The summed E-state index contributed by atoms with van der Waals surface area (Å²) in [4.78, 5) is 22.1. The SMILES string of the molecule is COCc1c(-c2ccc(Cl)c(Cl)c2)ncnc1-c1noc(=O)[nH]1. The zero-order valence-electron chi connectivity index (χ0n) is 11.8.